The molecule has 0 unspecified atom stereocenters. The van der Waals surface area contributed by atoms with Crippen molar-refractivity contribution in [3.05, 3.63) is 62.4 Å². The van der Waals surface area contributed by atoms with E-state index in [0.29, 0.717) is 28.1 Å². The molecule has 1 aromatic carbocycles. The van der Waals surface area contributed by atoms with Crippen LogP contribution in [0, 0.1) is 13.8 Å². The third-order valence-corrected chi connectivity index (χ3v) is 5.24. The summed E-state index contributed by atoms with van der Waals surface area (Å²) < 4.78 is 7.61. The first kappa shape index (κ1) is 19.5. The number of nitrogens with zero attached hydrogens (tertiary/aromatic N) is 2. The van der Waals surface area contributed by atoms with Gasteiger partial charge in [0.2, 0.25) is 0 Å². The molecular weight excluding hydrogens is 382 g/mol. The average Bonchev–Trinajstić information content (AvgIpc) is 3.22. The van der Waals surface area contributed by atoms with E-state index in [1.54, 1.807) is 0 Å². The molecule has 0 aliphatic rings. The van der Waals surface area contributed by atoms with Crippen LogP contribution >= 0.6 is 22.9 Å². The fourth-order valence-electron chi connectivity index (χ4n) is 2.63. The van der Waals surface area contributed by atoms with Gasteiger partial charge in [0.05, 0.1) is 15.6 Å². The Bertz CT molecular complexity index is 962. The summed E-state index contributed by atoms with van der Waals surface area (Å²) >= 11 is 7.54. The Kier molecular flexibility index (Phi) is 5.87. The van der Waals surface area contributed by atoms with Gasteiger partial charge in [-0.25, -0.2) is 4.68 Å². The van der Waals surface area contributed by atoms with Crippen molar-refractivity contribution in [3.63, 3.8) is 0 Å². The number of hydrogen-bond donors (Lipinski definition) is 1. The number of thiophene rings is 1. The van der Waals surface area contributed by atoms with Crippen molar-refractivity contribution >= 4 is 34.7 Å². The van der Waals surface area contributed by atoms with Crippen molar-refractivity contribution in [1.29, 1.82) is 0 Å². The Morgan fingerprint density at radius 1 is 1.30 bits per heavy atom. The summed E-state index contributed by atoms with van der Waals surface area (Å²) in [6, 6.07) is 9.53. The highest BCUT2D eigenvalue weighted by molar-refractivity contribution is 7.12. The van der Waals surface area contributed by atoms with Gasteiger partial charge in [0.1, 0.15) is 18.2 Å². The van der Waals surface area contributed by atoms with Crippen LogP contribution < -0.4 is 10.1 Å². The van der Waals surface area contributed by atoms with Crippen molar-refractivity contribution in [2.75, 3.05) is 5.32 Å². The van der Waals surface area contributed by atoms with Crippen LogP contribution in [0.1, 0.15) is 46.4 Å². The number of amides is 1. The second-order valence-electron chi connectivity index (χ2n) is 6.71. The predicted octanol–water partition coefficient (Wildman–Crippen LogP) is 5.63. The van der Waals surface area contributed by atoms with Crippen LogP contribution in [0.25, 0.3) is 0 Å². The minimum atomic E-state index is -0.151. The predicted molar refractivity (Wildman–Crippen MR) is 110 cm³/mol. The van der Waals surface area contributed by atoms with E-state index < -0.39 is 0 Å². The molecule has 5 nitrogen and oxygen atoms in total. The fourth-order valence-corrected chi connectivity index (χ4v) is 3.60. The van der Waals surface area contributed by atoms with Gasteiger partial charge in [-0.3, -0.25) is 4.79 Å². The van der Waals surface area contributed by atoms with Crippen LogP contribution in [0.2, 0.25) is 5.02 Å². The molecule has 2 heterocycles. The lowest BCUT2D eigenvalue weighted by Crippen LogP contribution is -2.15. The van der Waals surface area contributed by atoms with E-state index in [0.717, 1.165) is 16.8 Å². The Labute approximate surface area is 167 Å². The van der Waals surface area contributed by atoms with E-state index in [2.05, 4.69) is 10.4 Å². The molecule has 27 heavy (non-hydrogen) atoms. The second-order valence-corrected chi connectivity index (χ2v) is 8.02. The number of hydrogen-bond acceptors (Lipinski definition) is 4. The minimum Gasteiger partial charge on any atom is -0.487 e. The second kappa shape index (κ2) is 8.15. The highest BCUT2D eigenvalue weighted by Gasteiger charge is 2.15. The zero-order chi connectivity index (χ0) is 19.6. The molecule has 142 valence electrons. The highest BCUT2D eigenvalue weighted by Crippen LogP contribution is 2.27. The molecular formula is C20H22ClN3O2S. The molecule has 0 spiro atoms. The van der Waals surface area contributed by atoms with Crippen molar-refractivity contribution in [3.8, 4) is 5.75 Å². The molecule has 2 aromatic heterocycles. The molecule has 0 saturated heterocycles. The molecule has 3 aromatic rings. The normalized spacial score (nSPS) is 11.0. The Balaban J connectivity index is 1.66. The largest absolute Gasteiger partial charge is 0.487 e. The molecule has 1 N–H and O–H groups in total. The van der Waals surface area contributed by atoms with Gasteiger partial charge in [-0.05, 0) is 56.8 Å². The molecule has 0 fully saturated rings. The molecule has 3 rings (SSSR count). The maximum Gasteiger partial charge on any atom is 0.266 e. The lowest BCUT2D eigenvalue weighted by Gasteiger charge is -2.11. The molecule has 0 saturated carbocycles. The summed E-state index contributed by atoms with van der Waals surface area (Å²) in [7, 11) is 0. The summed E-state index contributed by atoms with van der Waals surface area (Å²) in [6.07, 6.45) is 0. The maximum absolute atomic E-state index is 12.6. The monoisotopic (exact) mass is 403 g/mol. The van der Waals surface area contributed by atoms with Crippen molar-refractivity contribution in [2.45, 2.75) is 40.3 Å². The quantitative estimate of drug-likeness (QED) is 0.580. The number of carbonyl (C=O) groups is 1. The van der Waals surface area contributed by atoms with E-state index in [4.69, 9.17) is 16.3 Å². The number of carbonyl (C=O) groups excluding carboxylic acids is 1. The first-order valence-electron chi connectivity index (χ1n) is 8.67. The number of ether oxygens (including phenoxy) is 1. The van der Waals surface area contributed by atoms with Gasteiger partial charge in [-0.1, -0.05) is 17.7 Å². The molecule has 0 aliphatic heterocycles. The number of nitrogens with one attached hydrogen (secondary N) is 1. The lowest BCUT2D eigenvalue weighted by atomic mass is 10.2. The third-order valence-electron chi connectivity index (χ3n) is 3.95. The SMILES string of the molecule is Cc1ccc(Cl)c(OCc2csc(C(=O)Nc3cc(C)nn3C(C)C)c2)c1. The third kappa shape index (κ3) is 4.70. The zero-order valence-electron chi connectivity index (χ0n) is 15.7. The van der Waals surface area contributed by atoms with E-state index in [9.17, 15) is 4.79 Å². The molecule has 0 radical (unpaired) electrons. The first-order valence-corrected chi connectivity index (χ1v) is 9.93. The van der Waals surface area contributed by atoms with Gasteiger partial charge in [-0.15, -0.1) is 11.3 Å². The number of aromatic nitrogens is 2. The molecule has 7 heteroatoms. The van der Waals surface area contributed by atoms with E-state index >= 15 is 0 Å². The number of anilines is 1. The van der Waals surface area contributed by atoms with E-state index in [1.165, 1.54) is 11.3 Å². The van der Waals surface area contributed by atoms with Crippen molar-refractivity contribution in [2.24, 2.45) is 0 Å². The zero-order valence-corrected chi connectivity index (χ0v) is 17.3. The number of halogens is 1. The van der Waals surface area contributed by atoms with Gasteiger partial charge in [0.25, 0.3) is 5.91 Å². The lowest BCUT2D eigenvalue weighted by molar-refractivity contribution is 0.102. The van der Waals surface area contributed by atoms with E-state index in [1.807, 2.05) is 68.1 Å². The highest BCUT2D eigenvalue weighted by atomic mass is 35.5. The average molecular weight is 404 g/mol. The van der Waals surface area contributed by atoms with Gasteiger partial charge in [-0.2, -0.15) is 5.10 Å². The van der Waals surface area contributed by atoms with Crippen LogP contribution in [-0.4, -0.2) is 15.7 Å². The Morgan fingerprint density at radius 2 is 2.07 bits per heavy atom. The molecule has 1 amide bonds. The molecule has 0 aliphatic carbocycles. The van der Waals surface area contributed by atoms with Gasteiger partial charge in [0.15, 0.2) is 0 Å². The van der Waals surface area contributed by atoms with E-state index in [-0.39, 0.29) is 11.9 Å². The van der Waals surface area contributed by atoms with Gasteiger partial charge in [0, 0.05) is 17.7 Å². The first-order chi connectivity index (χ1) is 12.8. The summed E-state index contributed by atoms with van der Waals surface area (Å²) in [4.78, 5) is 13.2. The van der Waals surface area contributed by atoms with Crippen LogP contribution in [0.15, 0.2) is 35.7 Å². The molecule has 0 bridgehead atoms. The smallest absolute Gasteiger partial charge is 0.266 e. The molecule has 0 atom stereocenters. The topological polar surface area (TPSA) is 56.1 Å². The van der Waals surface area contributed by atoms with Gasteiger partial charge < -0.3 is 10.1 Å². The van der Waals surface area contributed by atoms with Gasteiger partial charge >= 0.3 is 0 Å². The summed E-state index contributed by atoms with van der Waals surface area (Å²) in [5, 5.41) is 9.85. The van der Waals surface area contributed by atoms with Crippen LogP contribution in [0.4, 0.5) is 5.82 Å². The summed E-state index contributed by atoms with van der Waals surface area (Å²) in [5.74, 6) is 1.19. The minimum absolute atomic E-state index is 0.151. The number of benzene rings is 1. The van der Waals surface area contributed by atoms with Crippen molar-refractivity contribution in [1.82, 2.24) is 9.78 Å². The number of rotatable bonds is 6. The van der Waals surface area contributed by atoms with Crippen molar-refractivity contribution < 1.29 is 9.53 Å². The van der Waals surface area contributed by atoms with Crippen LogP contribution in [0.5, 0.6) is 5.75 Å². The standard InChI is InChI=1S/C20H22ClN3O2S/c1-12(2)24-19(8-14(4)23-24)22-20(25)18-9-15(11-27-18)10-26-17-7-13(3)5-6-16(17)21/h5-9,11-12H,10H2,1-4H3,(H,22,25). The number of aryl methyl sites for hydroxylation is 2. The Morgan fingerprint density at radius 3 is 2.81 bits per heavy atom. The fraction of sp³-hybridized carbons (Fsp3) is 0.300. The van der Waals surface area contributed by atoms with Crippen LogP contribution in [-0.2, 0) is 6.61 Å². The van der Waals surface area contributed by atoms with Crippen LogP contribution in [0.3, 0.4) is 0 Å². The summed E-state index contributed by atoms with van der Waals surface area (Å²) in [5.41, 5.74) is 2.88. The Hall–Kier alpha value is -2.31. The maximum atomic E-state index is 12.6. The summed E-state index contributed by atoms with van der Waals surface area (Å²) in [6.45, 7) is 8.31.